The molecule has 162 valence electrons. The molecule has 1 aromatic heterocycles. The molecular formula is C25H22ClN3O3. The molecular weight excluding hydrogens is 426 g/mol. The third-order valence-corrected chi connectivity index (χ3v) is 5.75. The van der Waals surface area contributed by atoms with Gasteiger partial charge in [-0.25, -0.2) is 4.98 Å². The Morgan fingerprint density at radius 3 is 2.34 bits per heavy atom. The highest BCUT2D eigenvalue weighted by Crippen LogP contribution is 2.24. The number of aromatic nitrogens is 2. The number of halogens is 1. The topological polar surface area (TPSA) is 64.4 Å². The molecule has 3 aromatic carbocycles. The molecule has 0 fully saturated rings. The van der Waals surface area contributed by atoms with Gasteiger partial charge in [-0.1, -0.05) is 23.7 Å². The van der Waals surface area contributed by atoms with Gasteiger partial charge in [0, 0.05) is 17.6 Å². The SMILES string of the molecule is COc1ccc(C(=O)N(C)C(C)c2nc3ccccc3c(=O)n2-c2ccc(Cl)cc2)cc1. The highest BCUT2D eigenvalue weighted by molar-refractivity contribution is 6.30. The van der Waals surface area contributed by atoms with E-state index in [1.54, 1.807) is 90.4 Å². The molecule has 0 radical (unpaired) electrons. The van der Waals surface area contributed by atoms with Gasteiger partial charge in [0.1, 0.15) is 11.6 Å². The van der Waals surface area contributed by atoms with E-state index in [4.69, 9.17) is 21.3 Å². The highest BCUT2D eigenvalue weighted by Gasteiger charge is 2.25. The fourth-order valence-corrected chi connectivity index (χ4v) is 3.68. The Morgan fingerprint density at radius 2 is 1.69 bits per heavy atom. The van der Waals surface area contributed by atoms with Gasteiger partial charge in [-0.2, -0.15) is 0 Å². The van der Waals surface area contributed by atoms with Crippen LogP contribution in [0.3, 0.4) is 0 Å². The van der Waals surface area contributed by atoms with E-state index in [1.165, 1.54) is 0 Å². The van der Waals surface area contributed by atoms with Crippen molar-refractivity contribution in [2.45, 2.75) is 13.0 Å². The van der Waals surface area contributed by atoms with Gasteiger partial charge in [0.2, 0.25) is 0 Å². The first-order valence-corrected chi connectivity index (χ1v) is 10.5. The lowest BCUT2D eigenvalue weighted by Gasteiger charge is -2.27. The number of carbonyl (C=O) groups excluding carboxylic acids is 1. The van der Waals surface area contributed by atoms with Crippen molar-refractivity contribution in [1.29, 1.82) is 0 Å². The molecule has 7 heteroatoms. The Bertz CT molecular complexity index is 1330. The summed E-state index contributed by atoms with van der Waals surface area (Å²) in [5, 5.41) is 1.07. The van der Waals surface area contributed by atoms with E-state index in [0.29, 0.717) is 38.8 Å². The van der Waals surface area contributed by atoms with Crippen LogP contribution in [0.25, 0.3) is 16.6 Å². The lowest BCUT2D eigenvalue weighted by atomic mass is 10.1. The first-order valence-electron chi connectivity index (χ1n) is 10.1. The maximum Gasteiger partial charge on any atom is 0.266 e. The number of amides is 1. The predicted octanol–water partition coefficient (Wildman–Crippen LogP) is 4.88. The van der Waals surface area contributed by atoms with Gasteiger partial charge in [0.25, 0.3) is 11.5 Å². The number of ether oxygens (including phenoxy) is 1. The summed E-state index contributed by atoms with van der Waals surface area (Å²) < 4.78 is 6.71. The van der Waals surface area contributed by atoms with Crippen molar-refractivity contribution >= 4 is 28.4 Å². The van der Waals surface area contributed by atoms with Crippen molar-refractivity contribution in [3.05, 3.63) is 99.6 Å². The largest absolute Gasteiger partial charge is 0.497 e. The highest BCUT2D eigenvalue weighted by atomic mass is 35.5. The summed E-state index contributed by atoms with van der Waals surface area (Å²) in [4.78, 5) is 32.9. The van der Waals surface area contributed by atoms with Crippen LogP contribution in [0.15, 0.2) is 77.6 Å². The number of hydrogen-bond donors (Lipinski definition) is 0. The normalized spacial score (nSPS) is 11.9. The fraction of sp³-hybridized carbons (Fsp3) is 0.160. The summed E-state index contributed by atoms with van der Waals surface area (Å²) in [5.41, 5.74) is 1.52. The van der Waals surface area contributed by atoms with Crippen LogP contribution in [0.5, 0.6) is 5.75 Å². The second kappa shape index (κ2) is 8.85. The minimum atomic E-state index is -0.488. The van der Waals surface area contributed by atoms with Crippen molar-refractivity contribution < 1.29 is 9.53 Å². The van der Waals surface area contributed by atoms with E-state index in [0.717, 1.165) is 0 Å². The number of para-hydroxylation sites is 1. The van der Waals surface area contributed by atoms with Crippen LogP contribution in [-0.4, -0.2) is 34.5 Å². The molecule has 1 heterocycles. The molecule has 0 aliphatic heterocycles. The third-order valence-electron chi connectivity index (χ3n) is 5.50. The molecule has 0 aliphatic carbocycles. The maximum atomic E-state index is 13.4. The zero-order valence-electron chi connectivity index (χ0n) is 17.9. The summed E-state index contributed by atoms with van der Waals surface area (Å²) in [5.74, 6) is 0.940. The maximum absolute atomic E-state index is 13.4. The van der Waals surface area contributed by atoms with Gasteiger partial charge in [-0.05, 0) is 67.6 Å². The van der Waals surface area contributed by atoms with Crippen molar-refractivity contribution in [1.82, 2.24) is 14.5 Å². The van der Waals surface area contributed by atoms with Crippen molar-refractivity contribution in [2.24, 2.45) is 0 Å². The van der Waals surface area contributed by atoms with Crippen molar-refractivity contribution in [2.75, 3.05) is 14.2 Å². The predicted molar refractivity (Wildman–Crippen MR) is 126 cm³/mol. The lowest BCUT2D eigenvalue weighted by molar-refractivity contribution is 0.0735. The summed E-state index contributed by atoms with van der Waals surface area (Å²) >= 11 is 6.05. The lowest BCUT2D eigenvalue weighted by Crippen LogP contribution is -2.34. The van der Waals surface area contributed by atoms with Gasteiger partial charge in [0.15, 0.2) is 0 Å². The van der Waals surface area contributed by atoms with Crippen LogP contribution in [0.1, 0.15) is 29.1 Å². The van der Waals surface area contributed by atoms with Gasteiger partial charge in [-0.15, -0.1) is 0 Å². The number of methoxy groups -OCH3 is 1. The second-order valence-corrected chi connectivity index (χ2v) is 7.86. The van der Waals surface area contributed by atoms with Gasteiger partial charge < -0.3 is 9.64 Å². The smallest absolute Gasteiger partial charge is 0.266 e. The molecule has 1 amide bonds. The summed E-state index contributed by atoms with van der Waals surface area (Å²) in [7, 11) is 3.28. The number of carbonyl (C=O) groups is 1. The van der Waals surface area contributed by atoms with E-state index >= 15 is 0 Å². The Labute approximate surface area is 190 Å². The average molecular weight is 448 g/mol. The van der Waals surface area contributed by atoms with E-state index < -0.39 is 6.04 Å². The van der Waals surface area contributed by atoms with Crippen LogP contribution in [0.4, 0.5) is 0 Å². The zero-order chi connectivity index (χ0) is 22.8. The first kappa shape index (κ1) is 21.6. The molecule has 0 aliphatic rings. The minimum Gasteiger partial charge on any atom is -0.497 e. The summed E-state index contributed by atoms with van der Waals surface area (Å²) in [6, 6.07) is 20.6. The Hall–Kier alpha value is -3.64. The summed E-state index contributed by atoms with van der Waals surface area (Å²) in [6.45, 7) is 1.85. The first-order chi connectivity index (χ1) is 15.4. The summed E-state index contributed by atoms with van der Waals surface area (Å²) in [6.07, 6.45) is 0. The molecule has 0 N–H and O–H groups in total. The van der Waals surface area contributed by atoms with Crippen LogP contribution < -0.4 is 10.3 Å². The van der Waals surface area contributed by atoms with E-state index in [1.807, 2.05) is 13.0 Å². The zero-order valence-corrected chi connectivity index (χ0v) is 18.7. The molecule has 32 heavy (non-hydrogen) atoms. The van der Waals surface area contributed by atoms with Crippen LogP contribution >= 0.6 is 11.6 Å². The number of rotatable bonds is 5. The van der Waals surface area contributed by atoms with E-state index in [2.05, 4.69) is 0 Å². The van der Waals surface area contributed by atoms with Crippen LogP contribution in [0, 0.1) is 0 Å². The van der Waals surface area contributed by atoms with E-state index in [-0.39, 0.29) is 11.5 Å². The molecule has 0 saturated carbocycles. The van der Waals surface area contributed by atoms with Gasteiger partial charge in [-0.3, -0.25) is 14.2 Å². The van der Waals surface area contributed by atoms with Crippen molar-refractivity contribution in [3.63, 3.8) is 0 Å². The monoisotopic (exact) mass is 447 g/mol. The standard InChI is InChI=1S/C25H22ClN3O3/c1-16(28(2)24(30)17-8-14-20(32-3)15-9-17)23-27-22-7-5-4-6-21(22)25(31)29(23)19-12-10-18(26)11-13-19/h4-16H,1-3H3. The molecule has 4 aromatic rings. The Kier molecular flexibility index (Phi) is 5.97. The molecule has 1 unspecified atom stereocenters. The van der Waals surface area contributed by atoms with Gasteiger partial charge in [0.05, 0.1) is 29.7 Å². The fourth-order valence-electron chi connectivity index (χ4n) is 3.56. The molecule has 0 bridgehead atoms. The number of benzene rings is 3. The number of nitrogens with zero attached hydrogens (tertiary/aromatic N) is 3. The Morgan fingerprint density at radius 1 is 1.03 bits per heavy atom. The molecule has 1 atom stereocenters. The molecule has 6 nitrogen and oxygen atoms in total. The molecule has 0 saturated heterocycles. The Balaban J connectivity index is 1.82. The van der Waals surface area contributed by atoms with Gasteiger partial charge >= 0.3 is 0 Å². The molecule has 4 rings (SSSR count). The average Bonchev–Trinajstić information content (AvgIpc) is 2.83. The van der Waals surface area contributed by atoms with E-state index in [9.17, 15) is 9.59 Å². The third kappa shape index (κ3) is 3.97. The number of fused-ring (bicyclic) bond motifs is 1. The number of hydrogen-bond acceptors (Lipinski definition) is 4. The second-order valence-electron chi connectivity index (χ2n) is 7.42. The van der Waals surface area contributed by atoms with Crippen LogP contribution in [-0.2, 0) is 0 Å². The minimum absolute atomic E-state index is 0.190. The quantitative estimate of drug-likeness (QED) is 0.437. The van der Waals surface area contributed by atoms with Crippen molar-refractivity contribution in [3.8, 4) is 11.4 Å². The van der Waals surface area contributed by atoms with Crippen LogP contribution in [0.2, 0.25) is 5.02 Å². The molecule has 0 spiro atoms.